The van der Waals surface area contributed by atoms with E-state index in [1.165, 1.54) is 12.1 Å². The molecule has 0 radical (unpaired) electrons. The highest BCUT2D eigenvalue weighted by Crippen LogP contribution is 2.34. The van der Waals surface area contributed by atoms with Crippen LogP contribution in [-0.2, 0) is 12.8 Å². The summed E-state index contributed by atoms with van der Waals surface area (Å²) in [5.41, 5.74) is 8.88. The first kappa shape index (κ1) is 10.3. The third-order valence-electron chi connectivity index (χ3n) is 3.42. The molecule has 0 spiro atoms. The molecule has 1 aliphatic carbocycles. The van der Waals surface area contributed by atoms with Crippen molar-refractivity contribution in [3.8, 4) is 0 Å². The minimum Gasteiger partial charge on any atom is -0.367 e. The van der Waals surface area contributed by atoms with Gasteiger partial charge in [-0.1, -0.05) is 17.3 Å². The van der Waals surface area contributed by atoms with E-state index in [4.69, 9.17) is 10.3 Å². The van der Waals surface area contributed by atoms with Gasteiger partial charge in [0.2, 0.25) is 5.88 Å². The zero-order chi connectivity index (χ0) is 11.8. The van der Waals surface area contributed by atoms with Crippen molar-refractivity contribution in [3.63, 3.8) is 0 Å². The lowest BCUT2D eigenvalue weighted by molar-refractivity contribution is 0.426. The fourth-order valence-corrected chi connectivity index (χ4v) is 2.45. The van der Waals surface area contributed by atoms with Crippen LogP contribution in [0.4, 0.5) is 10.3 Å². The monoisotopic (exact) mass is 232 g/mol. The summed E-state index contributed by atoms with van der Waals surface area (Å²) in [4.78, 5) is 0. The van der Waals surface area contributed by atoms with Crippen molar-refractivity contribution in [3.05, 3.63) is 46.9 Å². The van der Waals surface area contributed by atoms with Crippen LogP contribution in [0, 0.1) is 5.82 Å². The van der Waals surface area contributed by atoms with E-state index in [0.717, 1.165) is 36.1 Å². The molecule has 3 nitrogen and oxygen atoms in total. The van der Waals surface area contributed by atoms with E-state index in [1.807, 2.05) is 12.1 Å². The molecule has 0 saturated carbocycles. The third kappa shape index (κ3) is 1.79. The Morgan fingerprint density at radius 1 is 1.29 bits per heavy atom. The second kappa shape index (κ2) is 3.87. The number of aryl methyl sites for hydroxylation is 1. The van der Waals surface area contributed by atoms with Gasteiger partial charge in [-0.2, -0.15) is 0 Å². The van der Waals surface area contributed by atoms with Gasteiger partial charge >= 0.3 is 0 Å². The average molecular weight is 232 g/mol. The zero-order valence-corrected chi connectivity index (χ0v) is 9.32. The minimum atomic E-state index is -0.199. The maximum absolute atomic E-state index is 12.9. The number of nitrogens with two attached hydrogens (primary N) is 1. The third-order valence-corrected chi connectivity index (χ3v) is 3.42. The molecule has 0 saturated heterocycles. The summed E-state index contributed by atoms with van der Waals surface area (Å²) in [6.45, 7) is 0. The van der Waals surface area contributed by atoms with E-state index in [1.54, 1.807) is 0 Å². The SMILES string of the molecule is Nc1onc2c1CC(c1ccc(F)cc1)CC2. The largest absolute Gasteiger partial charge is 0.367 e. The van der Waals surface area contributed by atoms with Crippen molar-refractivity contribution in [2.24, 2.45) is 0 Å². The summed E-state index contributed by atoms with van der Waals surface area (Å²) < 4.78 is 17.9. The number of anilines is 1. The van der Waals surface area contributed by atoms with Crippen molar-refractivity contribution in [1.82, 2.24) is 5.16 Å². The van der Waals surface area contributed by atoms with E-state index < -0.39 is 0 Å². The van der Waals surface area contributed by atoms with Crippen LogP contribution < -0.4 is 5.73 Å². The molecule has 1 aromatic carbocycles. The Balaban J connectivity index is 1.88. The molecule has 88 valence electrons. The Hall–Kier alpha value is -1.84. The van der Waals surface area contributed by atoms with Gasteiger partial charge in [-0.25, -0.2) is 4.39 Å². The van der Waals surface area contributed by atoms with Gasteiger partial charge in [0, 0.05) is 5.56 Å². The topological polar surface area (TPSA) is 52.0 Å². The molecule has 1 aromatic heterocycles. The van der Waals surface area contributed by atoms with Crippen LogP contribution in [0.15, 0.2) is 28.8 Å². The number of rotatable bonds is 1. The number of nitrogens with zero attached hydrogens (tertiary/aromatic N) is 1. The molecule has 1 unspecified atom stereocenters. The molecule has 2 N–H and O–H groups in total. The maximum atomic E-state index is 12.9. The summed E-state index contributed by atoms with van der Waals surface area (Å²) in [5.74, 6) is 0.603. The van der Waals surface area contributed by atoms with Crippen LogP contribution in [0.5, 0.6) is 0 Å². The zero-order valence-electron chi connectivity index (χ0n) is 9.32. The highest BCUT2D eigenvalue weighted by Gasteiger charge is 2.25. The summed E-state index contributed by atoms with van der Waals surface area (Å²) in [7, 11) is 0. The highest BCUT2D eigenvalue weighted by atomic mass is 19.1. The van der Waals surface area contributed by atoms with Gasteiger partial charge in [0.15, 0.2) is 0 Å². The Kier molecular flexibility index (Phi) is 2.35. The molecule has 0 bridgehead atoms. The molecule has 0 aliphatic heterocycles. The highest BCUT2D eigenvalue weighted by molar-refractivity contribution is 5.42. The Morgan fingerprint density at radius 3 is 2.82 bits per heavy atom. The van der Waals surface area contributed by atoms with Crippen LogP contribution >= 0.6 is 0 Å². The van der Waals surface area contributed by atoms with Crippen LogP contribution in [0.2, 0.25) is 0 Å². The van der Waals surface area contributed by atoms with Crippen molar-refractivity contribution in [1.29, 1.82) is 0 Å². The molecule has 1 heterocycles. The van der Waals surface area contributed by atoms with Gasteiger partial charge < -0.3 is 10.3 Å². The molecular weight excluding hydrogens is 219 g/mol. The van der Waals surface area contributed by atoms with Crippen molar-refractivity contribution >= 4 is 5.88 Å². The van der Waals surface area contributed by atoms with Gasteiger partial charge in [0.25, 0.3) is 0 Å². The van der Waals surface area contributed by atoms with Crippen LogP contribution in [0.25, 0.3) is 0 Å². The van der Waals surface area contributed by atoms with Crippen molar-refractivity contribution in [2.75, 3.05) is 5.73 Å². The molecule has 2 aromatic rings. The number of halogens is 1. The molecule has 1 aliphatic rings. The average Bonchev–Trinajstić information content (AvgIpc) is 2.72. The van der Waals surface area contributed by atoms with Crippen LogP contribution in [0.3, 0.4) is 0 Å². The lowest BCUT2D eigenvalue weighted by Gasteiger charge is -2.21. The predicted molar refractivity (Wildman–Crippen MR) is 62.1 cm³/mol. The number of benzene rings is 1. The summed E-state index contributed by atoms with van der Waals surface area (Å²) >= 11 is 0. The number of nitrogen functional groups attached to an aromatic ring is 1. The first-order valence-electron chi connectivity index (χ1n) is 5.72. The first-order chi connectivity index (χ1) is 8.24. The number of aromatic nitrogens is 1. The molecule has 0 fully saturated rings. The molecule has 17 heavy (non-hydrogen) atoms. The van der Waals surface area contributed by atoms with E-state index in [9.17, 15) is 4.39 Å². The van der Waals surface area contributed by atoms with Gasteiger partial charge in [-0.05, 0) is 42.9 Å². The first-order valence-corrected chi connectivity index (χ1v) is 5.72. The molecule has 4 heteroatoms. The Morgan fingerprint density at radius 2 is 2.06 bits per heavy atom. The van der Waals surface area contributed by atoms with E-state index in [0.29, 0.717) is 11.8 Å². The number of fused-ring (bicyclic) bond motifs is 1. The van der Waals surface area contributed by atoms with Gasteiger partial charge in [-0.3, -0.25) is 0 Å². The molecule has 0 amide bonds. The Labute approximate surface area is 98.4 Å². The van der Waals surface area contributed by atoms with E-state index in [-0.39, 0.29) is 5.82 Å². The smallest absolute Gasteiger partial charge is 0.225 e. The fraction of sp³-hybridized carbons (Fsp3) is 0.308. The lowest BCUT2D eigenvalue weighted by Crippen LogP contribution is -2.12. The van der Waals surface area contributed by atoms with E-state index >= 15 is 0 Å². The van der Waals surface area contributed by atoms with E-state index in [2.05, 4.69) is 5.16 Å². The van der Waals surface area contributed by atoms with Crippen LogP contribution in [-0.4, -0.2) is 5.16 Å². The normalized spacial score (nSPS) is 19.0. The number of hydrogen-bond acceptors (Lipinski definition) is 3. The second-order valence-corrected chi connectivity index (χ2v) is 4.46. The quantitative estimate of drug-likeness (QED) is 0.822. The molecule has 3 rings (SSSR count). The van der Waals surface area contributed by atoms with Gasteiger partial charge in [0.1, 0.15) is 5.82 Å². The molecule has 1 atom stereocenters. The van der Waals surface area contributed by atoms with Crippen LogP contribution in [0.1, 0.15) is 29.2 Å². The van der Waals surface area contributed by atoms with Gasteiger partial charge in [0.05, 0.1) is 5.69 Å². The second-order valence-electron chi connectivity index (χ2n) is 4.46. The maximum Gasteiger partial charge on any atom is 0.225 e. The summed E-state index contributed by atoms with van der Waals surface area (Å²) in [5, 5.41) is 3.94. The fourth-order valence-electron chi connectivity index (χ4n) is 2.45. The summed E-state index contributed by atoms with van der Waals surface area (Å²) in [6.07, 6.45) is 2.71. The minimum absolute atomic E-state index is 0.199. The number of hydrogen-bond donors (Lipinski definition) is 1. The van der Waals surface area contributed by atoms with Crippen molar-refractivity contribution < 1.29 is 8.91 Å². The van der Waals surface area contributed by atoms with Crippen molar-refractivity contribution in [2.45, 2.75) is 25.2 Å². The summed E-state index contributed by atoms with van der Waals surface area (Å²) in [6, 6.07) is 6.69. The standard InChI is InChI=1S/C13H13FN2O/c14-10-4-1-8(2-5-10)9-3-6-12-11(7-9)13(15)17-16-12/h1-2,4-5,9H,3,6-7,15H2. The molecular formula is C13H13FN2O. The lowest BCUT2D eigenvalue weighted by atomic mass is 9.83. The predicted octanol–water partition coefficient (Wildman–Crippen LogP) is 2.67. The Bertz CT molecular complexity index is 533. The van der Waals surface area contributed by atoms with Gasteiger partial charge in [-0.15, -0.1) is 0 Å².